The number of hydrogen-bond donors (Lipinski definition) is 2. The second kappa shape index (κ2) is 8.26. The van der Waals surface area contributed by atoms with Crippen molar-refractivity contribution < 1.29 is 15.1 Å². The molecular weight excluding hydrogens is 331 g/mol. The second-order valence-corrected chi connectivity index (χ2v) is 8.88. The van der Waals surface area contributed by atoms with Gasteiger partial charge >= 0.3 is 0 Å². The zero-order chi connectivity index (χ0) is 18.4. The lowest BCUT2D eigenvalue weighted by molar-refractivity contribution is -0.176. The van der Waals surface area contributed by atoms with E-state index in [1.165, 1.54) is 16.7 Å². The van der Waals surface area contributed by atoms with Crippen molar-refractivity contribution in [3.63, 3.8) is 0 Å². The first-order chi connectivity index (χ1) is 12.0. The summed E-state index contributed by atoms with van der Waals surface area (Å²) in [4.78, 5) is 0. The van der Waals surface area contributed by atoms with Gasteiger partial charge in [0, 0.05) is 15.9 Å². The van der Waals surface area contributed by atoms with Crippen LogP contribution >= 0.6 is 7.14 Å². The molecule has 0 fully saturated rings. The predicted octanol–water partition coefficient (Wildman–Crippen LogP) is 4.27. The highest BCUT2D eigenvalue weighted by atomic mass is 31.2. The summed E-state index contributed by atoms with van der Waals surface area (Å²) in [5.74, 6) is 0. The molecule has 3 nitrogen and oxygen atoms in total. The van der Waals surface area contributed by atoms with Gasteiger partial charge in [0.1, 0.15) is 0 Å². The summed E-state index contributed by atoms with van der Waals surface area (Å²) in [6, 6.07) is 24.2. The molecule has 3 rings (SSSR count). The molecule has 3 aromatic rings. The largest absolute Gasteiger partial charge is 0.309 e. The topological polar surface area (TPSA) is 57.5 Å². The third-order valence-corrected chi connectivity index (χ3v) is 7.27. The summed E-state index contributed by atoms with van der Waals surface area (Å²) >= 11 is 0. The Balaban J connectivity index is 0.00000109. The van der Waals surface area contributed by atoms with Crippen molar-refractivity contribution in [3.8, 4) is 0 Å². The fourth-order valence-corrected chi connectivity index (χ4v) is 5.31. The van der Waals surface area contributed by atoms with E-state index in [4.69, 9.17) is 10.5 Å². The summed E-state index contributed by atoms with van der Waals surface area (Å²) in [5.41, 5.74) is 3.52. The van der Waals surface area contributed by atoms with E-state index in [0.717, 1.165) is 15.9 Å². The Morgan fingerprint density at radius 1 is 0.520 bits per heavy atom. The van der Waals surface area contributed by atoms with Crippen LogP contribution in [-0.2, 0) is 4.57 Å². The molecule has 0 bridgehead atoms. The van der Waals surface area contributed by atoms with Gasteiger partial charge in [0.2, 0.25) is 0 Å². The van der Waals surface area contributed by atoms with E-state index >= 15 is 0 Å². The van der Waals surface area contributed by atoms with Gasteiger partial charge in [-0.15, -0.1) is 0 Å². The van der Waals surface area contributed by atoms with Gasteiger partial charge in [-0.25, -0.2) is 0 Å². The Bertz CT molecular complexity index is 733. The van der Waals surface area contributed by atoms with Gasteiger partial charge in [-0.05, 0) is 20.8 Å². The van der Waals surface area contributed by atoms with E-state index < -0.39 is 7.14 Å². The predicted molar refractivity (Wildman–Crippen MR) is 105 cm³/mol. The van der Waals surface area contributed by atoms with Gasteiger partial charge in [0.05, 0.1) is 0 Å². The molecule has 3 aromatic carbocycles. The van der Waals surface area contributed by atoms with Crippen LogP contribution in [0.1, 0.15) is 16.7 Å². The first-order valence-corrected chi connectivity index (χ1v) is 9.72. The quantitative estimate of drug-likeness (QED) is 0.420. The summed E-state index contributed by atoms with van der Waals surface area (Å²) in [7, 11) is -2.84. The normalized spacial score (nSPS) is 10.8. The lowest BCUT2D eigenvalue weighted by Gasteiger charge is -2.20. The Hall–Kier alpha value is -2.19. The maximum Gasteiger partial charge on any atom is 0.171 e. The van der Waals surface area contributed by atoms with Crippen molar-refractivity contribution in [2.75, 3.05) is 0 Å². The van der Waals surface area contributed by atoms with Crippen LogP contribution in [0.2, 0.25) is 0 Å². The standard InChI is InChI=1S/C21H21OP.H2O2/c1-16-4-10-19(11-5-16)23(22,20-12-6-17(2)7-13-20)21-14-8-18(3)9-15-21;1-2/h4-15H,1-3H3;1-2H. The Labute approximate surface area is 148 Å². The summed E-state index contributed by atoms with van der Waals surface area (Å²) in [5, 5.41) is 14.7. The number of hydrogen-bond acceptors (Lipinski definition) is 3. The molecule has 0 heterocycles. The van der Waals surface area contributed by atoms with Crippen LogP contribution in [0, 0.1) is 20.8 Å². The molecule has 25 heavy (non-hydrogen) atoms. The van der Waals surface area contributed by atoms with Gasteiger partial charge < -0.3 is 4.57 Å². The molecule has 0 atom stereocenters. The van der Waals surface area contributed by atoms with E-state index in [2.05, 4.69) is 0 Å². The molecule has 130 valence electrons. The number of rotatable bonds is 3. The molecule has 0 aliphatic carbocycles. The Morgan fingerprint density at radius 3 is 0.920 bits per heavy atom. The van der Waals surface area contributed by atoms with E-state index in [1.54, 1.807) is 0 Å². The van der Waals surface area contributed by atoms with E-state index in [-0.39, 0.29) is 0 Å². The zero-order valence-corrected chi connectivity index (χ0v) is 15.6. The Kier molecular flexibility index (Phi) is 6.33. The van der Waals surface area contributed by atoms with Crippen LogP contribution < -0.4 is 15.9 Å². The molecule has 0 radical (unpaired) electrons. The molecule has 0 unspecified atom stereocenters. The highest BCUT2D eigenvalue weighted by Gasteiger charge is 2.29. The lowest BCUT2D eigenvalue weighted by atomic mass is 10.2. The van der Waals surface area contributed by atoms with E-state index in [0.29, 0.717) is 0 Å². The highest BCUT2D eigenvalue weighted by molar-refractivity contribution is 7.85. The molecule has 0 aliphatic heterocycles. The van der Waals surface area contributed by atoms with Crippen LogP contribution in [0.25, 0.3) is 0 Å². The third kappa shape index (κ3) is 4.08. The minimum absolute atomic E-state index is 0.885. The molecule has 0 amide bonds. The first-order valence-electron chi connectivity index (χ1n) is 8.02. The summed E-state index contributed by atoms with van der Waals surface area (Å²) in [6.45, 7) is 6.14. The molecule has 4 heteroatoms. The van der Waals surface area contributed by atoms with Gasteiger partial charge in [-0.2, -0.15) is 0 Å². The molecular formula is C21H23O3P. The van der Waals surface area contributed by atoms with E-state index in [9.17, 15) is 4.57 Å². The second-order valence-electron chi connectivity index (χ2n) is 6.12. The first kappa shape index (κ1) is 19.1. The van der Waals surface area contributed by atoms with Gasteiger partial charge in [-0.3, -0.25) is 10.5 Å². The SMILES string of the molecule is Cc1ccc(P(=O)(c2ccc(C)cc2)c2ccc(C)cc2)cc1.OO. The van der Waals surface area contributed by atoms with Gasteiger partial charge in [0.15, 0.2) is 7.14 Å². The zero-order valence-electron chi connectivity index (χ0n) is 14.7. The average molecular weight is 354 g/mol. The van der Waals surface area contributed by atoms with Crippen LogP contribution in [0.5, 0.6) is 0 Å². The monoisotopic (exact) mass is 354 g/mol. The molecule has 2 N–H and O–H groups in total. The van der Waals surface area contributed by atoms with Crippen molar-refractivity contribution in [2.45, 2.75) is 20.8 Å². The van der Waals surface area contributed by atoms with Crippen LogP contribution in [0.15, 0.2) is 72.8 Å². The van der Waals surface area contributed by atoms with E-state index in [1.807, 2.05) is 93.6 Å². The van der Waals surface area contributed by atoms with Crippen LogP contribution in [0.3, 0.4) is 0 Å². The van der Waals surface area contributed by atoms with Crippen LogP contribution in [-0.4, -0.2) is 10.5 Å². The molecule has 0 aromatic heterocycles. The van der Waals surface area contributed by atoms with Gasteiger partial charge in [0.25, 0.3) is 0 Å². The number of aryl methyl sites for hydroxylation is 3. The van der Waals surface area contributed by atoms with Crippen molar-refractivity contribution in [2.24, 2.45) is 0 Å². The van der Waals surface area contributed by atoms with Crippen molar-refractivity contribution in [1.29, 1.82) is 0 Å². The van der Waals surface area contributed by atoms with Crippen molar-refractivity contribution >= 4 is 23.1 Å². The third-order valence-electron chi connectivity index (χ3n) is 4.19. The summed E-state index contributed by atoms with van der Waals surface area (Å²) in [6.07, 6.45) is 0. The maximum absolute atomic E-state index is 14.2. The van der Waals surface area contributed by atoms with Crippen molar-refractivity contribution in [1.82, 2.24) is 0 Å². The minimum atomic E-state index is -2.84. The molecule has 0 saturated heterocycles. The smallest absolute Gasteiger partial charge is 0.171 e. The number of benzene rings is 3. The minimum Gasteiger partial charge on any atom is -0.309 e. The van der Waals surface area contributed by atoms with Crippen LogP contribution in [0.4, 0.5) is 0 Å². The Morgan fingerprint density at radius 2 is 0.720 bits per heavy atom. The molecule has 0 spiro atoms. The maximum atomic E-state index is 14.2. The van der Waals surface area contributed by atoms with Gasteiger partial charge in [-0.1, -0.05) is 89.5 Å². The lowest BCUT2D eigenvalue weighted by Crippen LogP contribution is -2.25. The molecule has 0 saturated carbocycles. The fraction of sp³-hybridized carbons (Fsp3) is 0.143. The summed E-state index contributed by atoms with van der Waals surface area (Å²) < 4.78 is 14.2. The fourth-order valence-electron chi connectivity index (χ4n) is 2.71. The molecule has 0 aliphatic rings. The average Bonchev–Trinajstić information content (AvgIpc) is 2.64. The van der Waals surface area contributed by atoms with Crippen molar-refractivity contribution in [3.05, 3.63) is 89.5 Å². The highest BCUT2D eigenvalue weighted by Crippen LogP contribution is 2.42.